The molecule has 1 aromatic rings. The van der Waals surface area contributed by atoms with Crippen molar-refractivity contribution in [2.75, 3.05) is 45.9 Å². The van der Waals surface area contributed by atoms with Crippen LogP contribution in [-0.2, 0) is 14.3 Å². The number of benzene rings is 1. The molecule has 0 aliphatic carbocycles. The third-order valence-electron chi connectivity index (χ3n) is 6.04. The molecule has 188 valence electrons. The lowest BCUT2D eigenvalue weighted by Gasteiger charge is -2.43. The number of amides is 3. The molecule has 1 fully saturated rings. The maximum atomic E-state index is 12.9. The first-order valence-corrected chi connectivity index (χ1v) is 11.3. The van der Waals surface area contributed by atoms with Crippen molar-refractivity contribution in [3.63, 3.8) is 0 Å². The van der Waals surface area contributed by atoms with Crippen LogP contribution in [0.2, 0.25) is 0 Å². The third kappa shape index (κ3) is 7.09. The maximum absolute atomic E-state index is 12.9. The quantitative estimate of drug-likeness (QED) is 0.695. The first-order valence-electron chi connectivity index (χ1n) is 11.3. The SMILES string of the molecule is CC(=O)N1CCOC2(CCN(C(=O)CCC(F)(F)F)CCCOc3ccccc3C(=O)NC2)C1. The Morgan fingerprint density at radius 3 is 2.62 bits per heavy atom. The molecule has 2 aliphatic rings. The molecule has 34 heavy (non-hydrogen) atoms. The molecule has 11 heteroatoms. The summed E-state index contributed by atoms with van der Waals surface area (Å²) in [5.41, 5.74) is -0.638. The Balaban J connectivity index is 1.84. The number of rotatable bonds is 2. The van der Waals surface area contributed by atoms with E-state index in [1.54, 1.807) is 29.2 Å². The van der Waals surface area contributed by atoms with E-state index in [-0.39, 0.29) is 57.6 Å². The Kier molecular flexibility index (Phi) is 8.40. The van der Waals surface area contributed by atoms with Crippen LogP contribution < -0.4 is 10.1 Å². The molecule has 1 N–H and O–H groups in total. The molecule has 8 nitrogen and oxygen atoms in total. The van der Waals surface area contributed by atoms with E-state index in [1.807, 2.05) is 0 Å². The van der Waals surface area contributed by atoms with Crippen LogP contribution in [0.4, 0.5) is 13.2 Å². The fourth-order valence-electron chi connectivity index (χ4n) is 4.12. The zero-order chi connectivity index (χ0) is 24.8. The number of hydrogen-bond acceptors (Lipinski definition) is 5. The van der Waals surface area contributed by atoms with Gasteiger partial charge in [-0.05, 0) is 25.0 Å². The van der Waals surface area contributed by atoms with Crippen LogP contribution in [0, 0.1) is 0 Å². The van der Waals surface area contributed by atoms with Crippen molar-refractivity contribution < 1.29 is 37.0 Å². The Morgan fingerprint density at radius 1 is 1.12 bits per heavy atom. The highest BCUT2D eigenvalue weighted by atomic mass is 19.4. The van der Waals surface area contributed by atoms with Gasteiger partial charge in [0.1, 0.15) is 11.4 Å². The van der Waals surface area contributed by atoms with Crippen molar-refractivity contribution in [2.24, 2.45) is 0 Å². The van der Waals surface area contributed by atoms with E-state index >= 15 is 0 Å². The summed E-state index contributed by atoms with van der Waals surface area (Å²) in [5, 5.41) is 2.85. The summed E-state index contributed by atoms with van der Waals surface area (Å²) in [6.07, 6.45) is -5.63. The van der Waals surface area contributed by atoms with Gasteiger partial charge >= 0.3 is 6.18 Å². The first-order chi connectivity index (χ1) is 16.1. The number of para-hydroxylation sites is 1. The van der Waals surface area contributed by atoms with E-state index in [2.05, 4.69) is 5.32 Å². The van der Waals surface area contributed by atoms with E-state index in [1.165, 1.54) is 11.8 Å². The minimum Gasteiger partial charge on any atom is -0.493 e. The summed E-state index contributed by atoms with van der Waals surface area (Å²) in [7, 11) is 0. The van der Waals surface area contributed by atoms with Crippen LogP contribution in [0.1, 0.15) is 43.0 Å². The van der Waals surface area contributed by atoms with Gasteiger partial charge in [-0.1, -0.05) is 12.1 Å². The first kappa shape index (κ1) is 25.8. The highest BCUT2D eigenvalue weighted by Crippen LogP contribution is 2.26. The Hall–Kier alpha value is -2.82. The van der Waals surface area contributed by atoms with Gasteiger partial charge < -0.3 is 24.6 Å². The number of carbonyl (C=O) groups is 3. The second-order valence-electron chi connectivity index (χ2n) is 8.60. The monoisotopic (exact) mass is 485 g/mol. The fraction of sp³-hybridized carbons (Fsp3) is 0.609. The highest BCUT2D eigenvalue weighted by molar-refractivity contribution is 5.97. The van der Waals surface area contributed by atoms with Crippen molar-refractivity contribution in [2.45, 2.75) is 44.4 Å². The number of nitrogens with zero attached hydrogens (tertiary/aromatic N) is 2. The molecule has 1 unspecified atom stereocenters. The lowest BCUT2D eigenvalue weighted by atomic mass is 9.95. The number of ether oxygens (including phenoxy) is 2. The molecule has 2 heterocycles. The zero-order valence-corrected chi connectivity index (χ0v) is 19.2. The Bertz CT molecular complexity index is 895. The molecule has 0 radical (unpaired) electrons. The van der Waals surface area contributed by atoms with Crippen LogP contribution >= 0.6 is 0 Å². The van der Waals surface area contributed by atoms with Crippen molar-refractivity contribution in [3.05, 3.63) is 29.8 Å². The Morgan fingerprint density at radius 2 is 1.88 bits per heavy atom. The molecule has 1 saturated heterocycles. The van der Waals surface area contributed by atoms with Gasteiger partial charge in [-0.2, -0.15) is 13.2 Å². The summed E-state index contributed by atoms with van der Waals surface area (Å²) >= 11 is 0. The number of hydrogen-bond donors (Lipinski definition) is 1. The lowest BCUT2D eigenvalue weighted by Crippen LogP contribution is -2.59. The number of alkyl halides is 3. The molecular formula is C23H30F3N3O5. The molecule has 2 aliphatic heterocycles. The predicted octanol–water partition coefficient (Wildman–Crippen LogP) is 2.38. The van der Waals surface area contributed by atoms with Crippen molar-refractivity contribution >= 4 is 17.7 Å². The van der Waals surface area contributed by atoms with Crippen LogP contribution in [0.3, 0.4) is 0 Å². The molecule has 1 atom stereocenters. The van der Waals surface area contributed by atoms with E-state index in [9.17, 15) is 27.6 Å². The van der Waals surface area contributed by atoms with Gasteiger partial charge in [-0.25, -0.2) is 0 Å². The van der Waals surface area contributed by atoms with Crippen molar-refractivity contribution in [1.29, 1.82) is 0 Å². The van der Waals surface area contributed by atoms with Crippen LogP contribution in [-0.4, -0.2) is 85.2 Å². The fourth-order valence-corrected chi connectivity index (χ4v) is 4.12. The average molecular weight is 486 g/mol. The average Bonchev–Trinajstić information content (AvgIpc) is 2.81. The summed E-state index contributed by atoms with van der Waals surface area (Å²) in [6.45, 7) is 2.87. The van der Waals surface area contributed by atoms with E-state index in [4.69, 9.17) is 9.47 Å². The Labute approximate surface area is 196 Å². The number of morpholine rings is 1. The molecule has 0 bridgehead atoms. The van der Waals surface area contributed by atoms with Crippen LogP contribution in [0.15, 0.2) is 24.3 Å². The van der Waals surface area contributed by atoms with Gasteiger partial charge in [0, 0.05) is 39.5 Å². The predicted molar refractivity (Wildman–Crippen MR) is 116 cm³/mol. The second kappa shape index (κ2) is 11.1. The van der Waals surface area contributed by atoms with E-state index in [0.717, 1.165) is 0 Å². The summed E-state index contributed by atoms with van der Waals surface area (Å²) in [4.78, 5) is 40.6. The summed E-state index contributed by atoms with van der Waals surface area (Å²) in [5.74, 6) is -0.742. The standard InChI is InChI=1S/C23H30F3N3O5/c1-17(30)29-12-14-34-22(16-29)9-11-28(20(31)7-8-23(24,25)26)10-4-13-33-19-6-3-2-5-18(19)21(32)27-15-22/h2-3,5-6H,4,7-16H2,1H3,(H,27,32). The number of nitrogens with one attached hydrogen (secondary N) is 1. The normalized spacial score (nSPS) is 22.5. The minimum absolute atomic E-state index is 0.0640. The molecular weight excluding hydrogens is 455 g/mol. The van der Waals surface area contributed by atoms with Gasteiger partial charge in [0.15, 0.2) is 0 Å². The third-order valence-corrected chi connectivity index (χ3v) is 6.04. The number of fused-ring (bicyclic) bond motifs is 1. The van der Waals surface area contributed by atoms with Crippen molar-refractivity contribution in [3.8, 4) is 5.75 Å². The molecule has 1 aromatic carbocycles. The number of halogens is 3. The van der Waals surface area contributed by atoms with Gasteiger partial charge in [0.2, 0.25) is 11.8 Å². The van der Waals surface area contributed by atoms with Crippen LogP contribution in [0.25, 0.3) is 0 Å². The molecule has 1 spiro atoms. The molecule has 0 saturated carbocycles. The minimum atomic E-state index is -4.42. The van der Waals surface area contributed by atoms with E-state index < -0.39 is 30.5 Å². The summed E-state index contributed by atoms with van der Waals surface area (Å²) in [6, 6.07) is 6.73. The zero-order valence-electron chi connectivity index (χ0n) is 19.2. The summed E-state index contributed by atoms with van der Waals surface area (Å²) < 4.78 is 49.8. The smallest absolute Gasteiger partial charge is 0.389 e. The van der Waals surface area contributed by atoms with Gasteiger partial charge in [0.05, 0.1) is 31.7 Å². The topological polar surface area (TPSA) is 88.2 Å². The van der Waals surface area contributed by atoms with Gasteiger partial charge in [-0.15, -0.1) is 0 Å². The second-order valence-corrected chi connectivity index (χ2v) is 8.60. The van der Waals surface area contributed by atoms with Crippen molar-refractivity contribution in [1.82, 2.24) is 15.1 Å². The van der Waals surface area contributed by atoms with E-state index in [0.29, 0.717) is 24.3 Å². The lowest BCUT2D eigenvalue weighted by molar-refractivity contribution is -0.154. The molecule has 0 aromatic heterocycles. The highest BCUT2D eigenvalue weighted by Gasteiger charge is 2.39. The van der Waals surface area contributed by atoms with Gasteiger partial charge in [-0.3, -0.25) is 14.4 Å². The largest absolute Gasteiger partial charge is 0.493 e. The van der Waals surface area contributed by atoms with Crippen LogP contribution in [0.5, 0.6) is 5.75 Å². The van der Waals surface area contributed by atoms with Gasteiger partial charge in [0.25, 0.3) is 5.91 Å². The number of carbonyl (C=O) groups excluding carboxylic acids is 3. The molecule has 3 amide bonds. The maximum Gasteiger partial charge on any atom is 0.389 e. The molecule has 3 rings (SSSR count).